The molecular weight excluding hydrogens is 321 g/mol. The summed E-state index contributed by atoms with van der Waals surface area (Å²) in [5.41, 5.74) is 0.0355. The number of alkyl halides is 3. The predicted octanol–water partition coefficient (Wildman–Crippen LogP) is 3.70. The Morgan fingerprint density at radius 2 is 1.58 bits per heavy atom. The molecule has 0 saturated carbocycles. The lowest BCUT2D eigenvalue weighted by Gasteiger charge is -2.17. The van der Waals surface area contributed by atoms with E-state index in [2.05, 4.69) is 5.32 Å². The van der Waals surface area contributed by atoms with E-state index in [1.54, 1.807) is 37.4 Å². The van der Waals surface area contributed by atoms with E-state index in [0.29, 0.717) is 5.69 Å². The lowest BCUT2D eigenvalue weighted by Crippen LogP contribution is -2.30. The molecule has 0 aliphatic rings. The minimum Gasteiger partial charge on any atom is -0.326 e. The van der Waals surface area contributed by atoms with Crippen LogP contribution in [0, 0.1) is 0 Å². The van der Waals surface area contributed by atoms with Gasteiger partial charge >= 0.3 is 6.18 Å². The molecule has 0 radical (unpaired) electrons. The third-order valence-electron chi connectivity index (χ3n) is 3.33. The molecule has 1 N–H and O–H groups in total. The van der Waals surface area contributed by atoms with Crippen LogP contribution in [0.1, 0.15) is 12.0 Å². The van der Waals surface area contributed by atoms with E-state index < -0.39 is 30.0 Å². The average Bonchev–Trinajstić information content (AvgIpc) is 2.54. The van der Waals surface area contributed by atoms with E-state index in [9.17, 15) is 22.8 Å². The molecule has 0 atom stereocenters. The molecule has 2 rings (SSSR count). The van der Waals surface area contributed by atoms with E-state index in [1.807, 2.05) is 0 Å². The summed E-state index contributed by atoms with van der Waals surface area (Å²) in [6.45, 7) is 0. The molecule has 2 aromatic rings. The number of halogens is 3. The Balaban J connectivity index is 1.94. The maximum atomic E-state index is 12.5. The summed E-state index contributed by atoms with van der Waals surface area (Å²) in [6.07, 6.45) is -4.84. The highest BCUT2D eigenvalue weighted by Gasteiger charge is 2.30. The Kier molecular flexibility index (Phi) is 5.23. The number of amides is 2. The Hall–Kier alpha value is -2.83. The molecule has 0 fully saturated rings. The largest absolute Gasteiger partial charge is 0.416 e. The van der Waals surface area contributed by atoms with Gasteiger partial charge in [-0.25, -0.2) is 0 Å². The molecule has 0 heterocycles. The van der Waals surface area contributed by atoms with E-state index >= 15 is 0 Å². The van der Waals surface area contributed by atoms with Crippen LogP contribution in [0.2, 0.25) is 0 Å². The molecule has 2 amide bonds. The van der Waals surface area contributed by atoms with Gasteiger partial charge < -0.3 is 10.2 Å². The van der Waals surface area contributed by atoms with Crippen LogP contribution in [0.15, 0.2) is 54.6 Å². The van der Waals surface area contributed by atoms with Crippen molar-refractivity contribution in [2.75, 3.05) is 17.3 Å². The molecule has 0 spiro atoms. The summed E-state index contributed by atoms with van der Waals surface area (Å²) in [7, 11) is 1.54. The van der Waals surface area contributed by atoms with Crippen LogP contribution < -0.4 is 10.2 Å². The monoisotopic (exact) mass is 336 g/mol. The topological polar surface area (TPSA) is 49.4 Å². The fourth-order valence-corrected chi connectivity index (χ4v) is 2.00. The van der Waals surface area contributed by atoms with Crippen molar-refractivity contribution in [2.24, 2.45) is 0 Å². The Labute approximate surface area is 136 Å². The van der Waals surface area contributed by atoms with Crippen molar-refractivity contribution in [3.05, 3.63) is 60.2 Å². The van der Waals surface area contributed by atoms with Gasteiger partial charge in [-0.1, -0.05) is 18.2 Å². The second-order valence-electron chi connectivity index (χ2n) is 5.09. The molecule has 0 aliphatic carbocycles. The zero-order valence-corrected chi connectivity index (χ0v) is 12.8. The number of nitrogens with zero attached hydrogens (tertiary/aromatic N) is 1. The van der Waals surface area contributed by atoms with Crippen molar-refractivity contribution in [3.8, 4) is 0 Å². The van der Waals surface area contributed by atoms with Crippen LogP contribution >= 0.6 is 0 Å². The molecule has 0 aromatic heterocycles. The minimum atomic E-state index is -4.43. The first-order chi connectivity index (χ1) is 11.3. The standard InChI is InChI=1S/C17H15F3N2O2/c1-22(14-5-3-2-4-6-14)16(24)11-15(23)21-13-9-7-12(8-10-13)17(18,19)20/h2-10H,11H2,1H3,(H,21,23). The molecule has 2 aromatic carbocycles. The van der Waals surface area contributed by atoms with Gasteiger partial charge in [-0.05, 0) is 36.4 Å². The van der Waals surface area contributed by atoms with Gasteiger partial charge in [0.2, 0.25) is 11.8 Å². The van der Waals surface area contributed by atoms with Crippen molar-refractivity contribution >= 4 is 23.2 Å². The number of rotatable bonds is 4. The highest BCUT2D eigenvalue weighted by molar-refractivity contribution is 6.08. The van der Waals surface area contributed by atoms with Crippen molar-refractivity contribution in [1.82, 2.24) is 0 Å². The number of nitrogens with one attached hydrogen (secondary N) is 1. The number of para-hydroxylation sites is 1. The third kappa shape index (κ3) is 4.58. The van der Waals surface area contributed by atoms with Crippen LogP contribution in [0.5, 0.6) is 0 Å². The first-order valence-corrected chi connectivity index (χ1v) is 7.06. The van der Waals surface area contributed by atoms with E-state index in [1.165, 1.54) is 4.90 Å². The zero-order valence-electron chi connectivity index (χ0n) is 12.8. The van der Waals surface area contributed by atoms with Gasteiger partial charge in [-0.3, -0.25) is 9.59 Å². The summed E-state index contributed by atoms with van der Waals surface area (Å²) >= 11 is 0. The van der Waals surface area contributed by atoms with Gasteiger partial charge in [-0.15, -0.1) is 0 Å². The van der Waals surface area contributed by atoms with Crippen molar-refractivity contribution in [3.63, 3.8) is 0 Å². The van der Waals surface area contributed by atoms with Gasteiger partial charge in [0.05, 0.1) is 5.56 Å². The maximum Gasteiger partial charge on any atom is 0.416 e. The third-order valence-corrected chi connectivity index (χ3v) is 3.33. The number of hydrogen-bond acceptors (Lipinski definition) is 2. The maximum absolute atomic E-state index is 12.5. The summed E-state index contributed by atoms with van der Waals surface area (Å²) in [4.78, 5) is 25.2. The smallest absolute Gasteiger partial charge is 0.326 e. The normalized spacial score (nSPS) is 11.0. The number of benzene rings is 2. The number of anilines is 2. The fourth-order valence-electron chi connectivity index (χ4n) is 2.00. The van der Waals surface area contributed by atoms with Gasteiger partial charge in [0.15, 0.2) is 0 Å². The number of hydrogen-bond donors (Lipinski definition) is 1. The lowest BCUT2D eigenvalue weighted by atomic mass is 10.2. The number of carbonyl (C=O) groups is 2. The highest BCUT2D eigenvalue weighted by atomic mass is 19.4. The van der Waals surface area contributed by atoms with Gasteiger partial charge in [-0.2, -0.15) is 13.2 Å². The summed E-state index contributed by atoms with van der Waals surface area (Å²) in [6, 6.07) is 12.8. The van der Waals surface area contributed by atoms with Crippen LogP contribution in [0.4, 0.5) is 24.5 Å². The molecule has 0 aliphatic heterocycles. The molecule has 24 heavy (non-hydrogen) atoms. The molecule has 4 nitrogen and oxygen atoms in total. The molecule has 0 saturated heterocycles. The Morgan fingerprint density at radius 3 is 2.12 bits per heavy atom. The summed E-state index contributed by atoms with van der Waals surface area (Å²) < 4.78 is 37.4. The average molecular weight is 336 g/mol. The Bertz CT molecular complexity index is 713. The van der Waals surface area contributed by atoms with Crippen LogP contribution in [0.25, 0.3) is 0 Å². The van der Waals surface area contributed by atoms with Gasteiger partial charge in [0.25, 0.3) is 0 Å². The van der Waals surface area contributed by atoms with Gasteiger partial charge in [0.1, 0.15) is 6.42 Å². The highest BCUT2D eigenvalue weighted by Crippen LogP contribution is 2.29. The van der Waals surface area contributed by atoms with Crippen LogP contribution in [0.3, 0.4) is 0 Å². The number of carbonyl (C=O) groups excluding carboxylic acids is 2. The molecule has 0 unspecified atom stereocenters. The van der Waals surface area contributed by atoms with E-state index in [0.717, 1.165) is 24.3 Å². The summed E-state index contributed by atoms with van der Waals surface area (Å²) in [5, 5.41) is 2.40. The van der Waals surface area contributed by atoms with Crippen LogP contribution in [-0.4, -0.2) is 18.9 Å². The molecule has 0 bridgehead atoms. The predicted molar refractivity (Wildman–Crippen MR) is 84.5 cm³/mol. The first-order valence-electron chi connectivity index (χ1n) is 7.06. The molecular formula is C17H15F3N2O2. The molecule has 126 valence electrons. The van der Waals surface area contributed by atoms with E-state index in [-0.39, 0.29) is 5.69 Å². The first kappa shape index (κ1) is 17.5. The molecule has 7 heteroatoms. The summed E-state index contributed by atoms with van der Waals surface area (Å²) in [5.74, 6) is -1.02. The Morgan fingerprint density at radius 1 is 1.00 bits per heavy atom. The fraction of sp³-hybridized carbons (Fsp3) is 0.176. The second kappa shape index (κ2) is 7.16. The van der Waals surface area contributed by atoms with Crippen molar-refractivity contribution in [1.29, 1.82) is 0 Å². The quantitative estimate of drug-likeness (QED) is 0.866. The van der Waals surface area contributed by atoms with E-state index in [4.69, 9.17) is 0 Å². The second-order valence-corrected chi connectivity index (χ2v) is 5.09. The zero-order chi connectivity index (χ0) is 17.7. The van der Waals surface area contributed by atoms with Gasteiger partial charge in [0, 0.05) is 18.4 Å². The van der Waals surface area contributed by atoms with Crippen LogP contribution in [-0.2, 0) is 15.8 Å². The minimum absolute atomic E-state index is 0.197. The lowest BCUT2D eigenvalue weighted by molar-refractivity contribution is -0.137. The van der Waals surface area contributed by atoms with Crippen molar-refractivity contribution < 1.29 is 22.8 Å². The van der Waals surface area contributed by atoms with Crippen molar-refractivity contribution in [2.45, 2.75) is 12.6 Å². The SMILES string of the molecule is CN(C(=O)CC(=O)Nc1ccc(C(F)(F)F)cc1)c1ccccc1.